The predicted molar refractivity (Wildman–Crippen MR) is 116 cm³/mol. The van der Waals surface area contributed by atoms with Crippen LogP contribution < -0.4 is 16.0 Å². The lowest BCUT2D eigenvalue weighted by Gasteiger charge is -2.18. The van der Waals surface area contributed by atoms with E-state index in [1.165, 1.54) is 6.42 Å². The first-order valence-corrected chi connectivity index (χ1v) is 8.79. The van der Waals surface area contributed by atoms with Gasteiger partial charge in [0.15, 0.2) is 5.96 Å². The lowest BCUT2D eigenvalue weighted by Crippen LogP contribution is -2.43. The minimum Gasteiger partial charge on any atom is -0.356 e. The van der Waals surface area contributed by atoms with E-state index < -0.39 is 0 Å². The maximum absolute atomic E-state index is 11.9. The van der Waals surface area contributed by atoms with Crippen LogP contribution in [-0.4, -0.2) is 31.5 Å². The Bertz CT molecular complexity index is 505. The number of rotatable bonds is 9. The normalized spacial score (nSPS) is 12.3. The van der Waals surface area contributed by atoms with Crippen LogP contribution in [-0.2, 0) is 11.3 Å². The number of nitrogens with zero attached hydrogens (tertiary/aromatic N) is 1. The van der Waals surface area contributed by atoms with Crippen molar-refractivity contribution in [2.75, 3.05) is 13.6 Å². The monoisotopic (exact) mass is 460 g/mol. The first-order chi connectivity index (χ1) is 11.5. The van der Waals surface area contributed by atoms with Crippen molar-refractivity contribution >= 4 is 35.8 Å². The van der Waals surface area contributed by atoms with Crippen molar-refractivity contribution in [1.29, 1.82) is 0 Å². The first-order valence-electron chi connectivity index (χ1n) is 8.79. The van der Waals surface area contributed by atoms with Crippen molar-refractivity contribution in [3.63, 3.8) is 0 Å². The number of aliphatic imine (C=N–C) groups is 1. The number of benzene rings is 1. The van der Waals surface area contributed by atoms with Gasteiger partial charge in [0.2, 0.25) is 5.91 Å². The number of hydrogen-bond donors (Lipinski definition) is 3. The molecule has 0 spiro atoms. The SMILES string of the molecule is CN=C(NCCC(=O)NCc1ccccc1)NC(C)CCC(C)C.I. The summed E-state index contributed by atoms with van der Waals surface area (Å²) in [5.74, 6) is 1.49. The van der Waals surface area contributed by atoms with Crippen molar-refractivity contribution in [2.45, 2.75) is 52.6 Å². The average Bonchev–Trinajstić information content (AvgIpc) is 2.58. The number of hydrogen-bond acceptors (Lipinski definition) is 2. The van der Waals surface area contributed by atoms with Gasteiger partial charge in [0.25, 0.3) is 0 Å². The van der Waals surface area contributed by atoms with E-state index in [2.05, 4.69) is 41.7 Å². The highest BCUT2D eigenvalue weighted by Crippen LogP contribution is 2.06. The smallest absolute Gasteiger partial charge is 0.222 e. The van der Waals surface area contributed by atoms with Crippen LogP contribution in [0.1, 0.15) is 45.6 Å². The van der Waals surface area contributed by atoms with Crippen LogP contribution in [0.4, 0.5) is 0 Å². The Balaban J connectivity index is 0.00000576. The van der Waals surface area contributed by atoms with E-state index >= 15 is 0 Å². The van der Waals surface area contributed by atoms with E-state index in [1.54, 1.807) is 7.05 Å². The molecule has 0 aromatic heterocycles. The zero-order chi connectivity index (χ0) is 17.8. The van der Waals surface area contributed by atoms with Crippen LogP contribution in [0.5, 0.6) is 0 Å². The topological polar surface area (TPSA) is 65.5 Å². The van der Waals surface area contributed by atoms with E-state index in [1.807, 2.05) is 30.3 Å². The van der Waals surface area contributed by atoms with Crippen LogP contribution in [0.2, 0.25) is 0 Å². The molecule has 1 aromatic rings. The molecule has 3 N–H and O–H groups in total. The third-order valence-corrected chi connectivity index (χ3v) is 3.76. The molecule has 0 saturated carbocycles. The molecule has 1 aromatic carbocycles. The van der Waals surface area contributed by atoms with Crippen LogP contribution in [0, 0.1) is 5.92 Å². The highest BCUT2D eigenvalue weighted by molar-refractivity contribution is 14.0. The fourth-order valence-corrected chi connectivity index (χ4v) is 2.26. The van der Waals surface area contributed by atoms with Crippen molar-refractivity contribution in [3.8, 4) is 0 Å². The average molecular weight is 460 g/mol. The summed E-state index contributed by atoms with van der Waals surface area (Å²) in [6, 6.07) is 10.3. The molecule has 1 amide bonds. The molecule has 0 aliphatic carbocycles. The van der Waals surface area contributed by atoms with Crippen LogP contribution in [0.3, 0.4) is 0 Å². The minimum atomic E-state index is 0. The molecule has 25 heavy (non-hydrogen) atoms. The number of carbonyl (C=O) groups is 1. The summed E-state index contributed by atoms with van der Waals surface area (Å²) in [4.78, 5) is 16.1. The summed E-state index contributed by atoms with van der Waals surface area (Å²) >= 11 is 0. The predicted octanol–water partition coefficient (Wildman–Crippen LogP) is 3.30. The van der Waals surface area contributed by atoms with Gasteiger partial charge in [-0.3, -0.25) is 9.79 Å². The molecule has 0 aliphatic rings. The summed E-state index contributed by atoms with van der Waals surface area (Å²) in [7, 11) is 1.75. The highest BCUT2D eigenvalue weighted by atomic mass is 127. The molecular weight excluding hydrogens is 427 g/mol. The van der Waals surface area contributed by atoms with E-state index in [4.69, 9.17) is 0 Å². The van der Waals surface area contributed by atoms with Gasteiger partial charge in [0.05, 0.1) is 0 Å². The number of halogens is 1. The van der Waals surface area contributed by atoms with Crippen LogP contribution >= 0.6 is 24.0 Å². The largest absolute Gasteiger partial charge is 0.356 e. The molecule has 0 heterocycles. The summed E-state index contributed by atoms with van der Waals surface area (Å²) < 4.78 is 0. The zero-order valence-corrected chi connectivity index (χ0v) is 18.2. The van der Waals surface area contributed by atoms with E-state index in [9.17, 15) is 4.79 Å². The Kier molecular flexibility index (Phi) is 13.2. The minimum absolute atomic E-state index is 0. The number of guanidine groups is 1. The van der Waals surface area contributed by atoms with E-state index in [0.717, 1.165) is 17.9 Å². The molecule has 1 rings (SSSR count). The third kappa shape index (κ3) is 11.8. The first kappa shape index (κ1) is 23.7. The van der Waals surface area contributed by atoms with E-state index in [-0.39, 0.29) is 29.9 Å². The third-order valence-electron chi connectivity index (χ3n) is 3.76. The Morgan fingerprint density at radius 1 is 1.08 bits per heavy atom. The fraction of sp³-hybridized carbons (Fsp3) is 0.579. The summed E-state index contributed by atoms with van der Waals surface area (Å²) in [6.07, 6.45) is 2.72. The molecule has 0 aliphatic heterocycles. The quantitative estimate of drug-likeness (QED) is 0.301. The van der Waals surface area contributed by atoms with Crippen molar-refractivity contribution in [3.05, 3.63) is 35.9 Å². The standard InChI is InChI=1S/C19H32N4O.HI/c1-15(2)10-11-16(3)23-19(20-4)21-13-12-18(24)22-14-17-8-6-5-7-9-17;/h5-9,15-16H,10-14H2,1-4H3,(H,22,24)(H2,20,21,23);1H. The van der Waals surface area contributed by atoms with Gasteiger partial charge >= 0.3 is 0 Å². The second-order valence-corrected chi connectivity index (χ2v) is 6.53. The van der Waals surface area contributed by atoms with Crippen molar-refractivity contribution in [1.82, 2.24) is 16.0 Å². The molecule has 0 bridgehead atoms. The molecule has 1 unspecified atom stereocenters. The lowest BCUT2D eigenvalue weighted by atomic mass is 10.0. The van der Waals surface area contributed by atoms with Crippen molar-refractivity contribution < 1.29 is 4.79 Å². The number of amides is 1. The molecule has 142 valence electrons. The molecule has 6 heteroatoms. The number of nitrogens with one attached hydrogen (secondary N) is 3. The summed E-state index contributed by atoms with van der Waals surface area (Å²) in [5, 5.41) is 9.48. The fourth-order valence-electron chi connectivity index (χ4n) is 2.26. The molecule has 0 radical (unpaired) electrons. The highest BCUT2D eigenvalue weighted by Gasteiger charge is 2.07. The molecule has 1 atom stereocenters. The Morgan fingerprint density at radius 3 is 2.36 bits per heavy atom. The Hall–Kier alpha value is -1.31. The van der Waals surface area contributed by atoms with Gasteiger partial charge in [-0.05, 0) is 31.2 Å². The summed E-state index contributed by atoms with van der Waals surface area (Å²) in [5.41, 5.74) is 1.11. The zero-order valence-electron chi connectivity index (χ0n) is 15.8. The van der Waals surface area contributed by atoms with Gasteiger partial charge in [-0.25, -0.2) is 0 Å². The van der Waals surface area contributed by atoms with Gasteiger partial charge < -0.3 is 16.0 Å². The van der Waals surface area contributed by atoms with Crippen molar-refractivity contribution in [2.24, 2.45) is 10.9 Å². The number of carbonyl (C=O) groups excluding carboxylic acids is 1. The molecule has 0 saturated heterocycles. The van der Waals surface area contributed by atoms with Crippen LogP contribution in [0.15, 0.2) is 35.3 Å². The van der Waals surface area contributed by atoms with Gasteiger partial charge in [-0.1, -0.05) is 44.2 Å². The molecule has 0 fully saturated rings. The van der Waals surface area contributed by atoms with Gasteiger partial charge in [-0.15, -0.1) is 24.0 Å². The second-order valence-electron chi connectivity index (χ2n) is 6.53. The lowest BCUT2D eigenvalue weighted by molar-refractivity contribution is -0.121. The van der Waals surface area contributed by atoms with Gasteiger partial charge in [-0.2, -0.15) is 0 Å². The maximum atomic E-state index is 11.9. The summed E-state index contributed by atoms with van der Waals surface area (Å²) in [6.45, 7) is 7.75. The van der Waals surface area contributed by atoms with Gasteiger partial charge in [0, 0.05) is 32.6 Å². The molecule has 5 nitrogen and oxygen atoms in total. The van der Waals surface area contributed by atoms with Crippen LogP contribution in [0.25, 0.3) is 0 Å². The maximum Gasteiger partial charge on any atom is 0.222 e. The second kappa shape index (κ2) is 13.9. The molecular formula is C19H33IN4O. The Morgan fingerprint density at radius 2 is 1.76 bits per heavy atom. The Labute approximate surface area is 169 Å². The van der Waals surface area contributed by atoms with Gasteiger partial charge in [0.1, 0.15) is 0 Å². The van der Waals surface area contributed by atoms with E-state index in [0.29, 0.717) is 31.5 Å².